The third-order valence-electron chi connectivity index (χ3n) is 2.64. The summed E-state index contributed by atoms with van der Waals surface area (Å²) in [6.07, 6.45) is 2.06. The molecule has 14 heavy (non-hydrogen) atoms. The molecule has 2 rings (SSSR count). The highest BCUT2D eigenvalue weighted by Gasteiger charge is 2.28. The van der Waals surface area contributed by atoms with Crippen molar-refractivity contribution >= 4 is 11.6 Å². The summed E-state index contributed by atoms with van der Waals surface area (Å²) in [4.78, 5) is 21.6. The Bertz CT molecular complexity index is 420. The molecule has 1 aliphatic rings. The molecule has 1 heterocycles. The van der Waals surface area contributed by atoms with Gasteiger partial charge in [0.05, 0.1) is 12.6 Å². The first kappa shape index (κ1) is 8.93. The minimum absolute atomic E-state index is 0.00486. The van der Waals surface area contributed by atoms with Gasteiger partial charge in [0.25, 0.3) is 0 Å². The summed E-state index contributed by atoms with van der Waals surface area (Å²) >= 11 is 0. The molecule has 74 valence electrons. The van der Waals surface area contributed by atoms with E-state index in [0.29, 0.717) is 12.0 Å². The number of Topliss-reactive ketones (excluding diaryl/α,β-unsaturated/α-hetero) is 1. The van der Waals surface area contributed by atoms with Gasteiger partial charge in [-0.15, -0.1) is 0 Å². The maximum Gasteiger partial charge on any atom is 0.323 e. The highest BCUT2D eigenvalue weighted by atomic mass is 16.6. The summed E-state index contributed by atoms with van der Waals surface area (Å²) in [7, 11) is 1.63. The molecule has 0 spiro atoms. The molecule has 5 nitrogen and oxygen atoms in total. The zero-order valence-electron chi connectivity index (χ0n) is 7.82. The van der Waals surface area contributed by atoms with Gasteiger partial charge < -0.3 is 10.1 Å². The molecule has 1 aromatic heterocycles. The van der Waals surface area contributed by atoms with Gasteiger partial charge in [-0.1, -0.05) is 0 Å². The van der Waals surface area contributed by atoms with Gasteiger partial charge in [0.2, 0.25) is 0 Å². The Morgan fingerprint density at radius 3 is 2.79 bits per heavy atom. The third kappa shape index (κ3) is 1.13. The topological polar surface area (TPSA) is 65.1 Å². The molecule has 0 atom stereocenters. The first-order valence-electron chi connectivity index (χ1n) is 4.47. The number of hydrogen-bond donors (Lipinski definition) is 0. The Kier molecular flexibility index (Phi) is 1.87. The van der Waals surface area contributed by atoms with Crippen molar-refractivity contribution in [1.29, 1.82) is 0 Å². The molecule has 5 heteroatoms. The van der Waals surface area contributed by atoms with E-state index in [2.05, 4.69) is 0 Å². The summed E-state index contributed by atoms with van der Waals surface area (Å²) in [5, 5.41) is 10.6. The van der Waals surface area contributed by atoms with Crippen LogP contribution in [0.15, 0.2) is 6.07 Å². The van der Waals surface area contributed by atoms with Crippen LogP contribution in [0.3, 0.4) is 0 Å². The minimum atomic E-state index is -0.453. The van der Waals surface area contributed by atoms with E-state index in [1.54, 1.807) is 7.05 Å². The molecular formula is C9H10N2O3. The van der Waals surface area contributed by atoms with Gasteiger partial charge >= 0.3 is 5.82 Å². The van der Waals surface area contributed by atoms with Gasteiger partial charge in [0, 0.05) is 18.9 Å². The monoisotopic (exact) mass is 194 g/mol. The highest BCUT2D eigenvalue weighted by molar-refractivity contribution is 5.98. The van der Waals surface area contributed by atoms with Crippen LogP contribution in [0.4, 0.5) is 5.82 Å². The lowest BCUT2D eigenvalue weighted by Crippen LogP contribution is -2.11. The van der Waals surface area contributed by atoms with E-state index in [4.69, 9.17) is 0 Å². The molecule has 1 aliphatic carbocycles. The maximum atomic E-state index is 11.4. The number of carbonyl (C=O) groups is 1. The quantitative estimate of drug-likeness (QED) is 0.502. The van der Waals surface area contributed by atoms with Crippen molar-refractivity contribution in [3.63, 3.8) is 0 Å². The zero-order chi connectivity index (χ0) is 10.3. The number of nitrogens with zero attached hydrogens (tertiary/aromatic N) is 2. The summed E-state index contributed by atoms with van der Waals surface area (Å²) in [6.45, 7) is 0. The van der Waals surface area contributed by atoms with E-state index >= 15 is 0 Å². The van der Waals surface area contributed by atoms with E-state index in [1.807, 2.05) is 0 Å². The lowest BCUT2D eigenvalue weighted by atomic mass is 9.97. The molecular weight excluding hydrogens is 184 g/mol. The van der Waals surface area contributed by atoms with Crippen molar-refractivity contribution in [2.24, 2.45) is 7.05 Å². The third-order valence-corrected chi connectivity index (χ3v) is 2.64. The van der Waals surface area contributed by atoms with Crippen molar-refractivity contribution in [2.75, 3.05) is 0 Å². The molecule has 1 aromatic rings. The summed E-state index contributed by atoms with van der Waals surface area (Å²) in [5.74, 6) is 0.0280. The Balaban J connectivity index is 2.59. The second-order valence-corrected chi connectivity index (χ2v) is 3.46. The van der Waals surface area contributed by atoms with Crippen LogP contribution in [-0.4, -0.2) is 15.3 Å². The van der Waals surface area contributed by atoms with Crippen molar-refractivity contribution in [2.45, 2.75) is 19.3 Å². The lowest BCUT2D eigenvalue weighted by molar-refractivity contribution is -0.391. The predicted molar refractivity (Wildman–Crippen MR) is 49.3 cm³/mol. The number of aromatic nitrogens is 1. The molecule has 0 aliphatic heterocycles. The van der Waals surface area contributed by atoms with Crippen LogP contribution in [0.5, 0.6) is 0 Å². The summed E-state index contributed by atoms with van der Waals surface area (Å²) in [5.41, 5.74) is 1.33. The van der Waals surface area contributed by atoms with E-state index in [9.17, 15) is 14.9 Å². The number of hydrogen-bond acceptors (Lipinski definition) is 3. The van der Waals surface area contributed by atoms with Crippen LogP contribution in [0, 0.1) is 10.1 Å². The smallest absolute Gasteiger partial charge is 0.323 e. The predicted octanol–water partition coefficient (Wildman–Crippen LogP) is 1.45. The number of nitro groups is 1. The van der Waals surface area contributed by atoms with Crippen LogP contribution in [0.2, 0.25) is 0 Å². The van der Waals surface area contributed by atoms with Crippen molar-refractivity contribution < 1.29 is 9.72 Å². The Morgan fingerprint density at radius 1 is 1.50 bits per heavy atom. The number of ketones is 1. The number of rotatable bonds is 1. The molecule has 0 N–H and O–H groups in total. The van der Waals surface area contributed by atoms with E-state index < -0.39 is 4.92 Å². The molecule has 0 unspecified atom stereocenters. The van der Waals surface area contributed by atoms with Crippen LogP contribution in [-0.2, 0) is 13.5 Å². The summed E-state index contributed by atoms with van der Waals surface area (Å²) < 4.78 is 1.51. The molecule has 0 amide bonds. The number of carbonyl (C=O) groups excluding carboxylic acids is 1. The first-order chi connectivity index (χ1) is 6.61. The fourth-order valence-corrected chi connectivity index (χ4v) is 1.90. The van der Waals surface area contributed by atoms with E-state index in [-0.39, 0.29) is 11.6 Å². The van der Waals surface area contributed by atoms with E-state index in [1.165, 1.54) is 10.6 Å². The Hall–Kier alpha value is -1.65. The minimum Gasteiger partial charge on any atom is -0.358 e. The van der Waals surface area contributed by atoms with Crippen molar-refractivity contribution in [3.05, 3.63) is 27.4 Å². The van der Waals surface area contributed by atoms with Gasteiger partial charge in [-0.3, -0.25) is 4.79 Å². The second kappa shape index (κ2) is 2.94. The molecule has 0 aromatic carbocycles. The Morgan fingerprint density at radius 2 is 2.21 bits per heavy atom. The normalized spacial score (nSPS) is 15.4. The van der Waals surface area contributed by atoms with Crippen molar-refractivity contribution in [3.8, 4) is 0 Å². The molecule has 0 fully saturated rings. The van der Waals surface area contributed by atoms with Crippen LogP contribution in [0.1, 0.15) is 28.9 Å². The zero-order valence-corrected chi connectivity index (χ0v) is 7.82. The van der Waals surface area contributed by atoms with Crippen molar-refractivity contribution in [1.82, 2.24) is 4.57 Å². The average Bonchev–Trinajstić information content (AvgIpc) is 2.46. The number of fused-ring (bicyclic) bond motifs is 1. The highest BCUT2D eigenvalue weighted by Crippen LogP contribution is 2.27. The van der Waals surface area contributed by atoms with Gasteiger partial charge in [-0.25, -0.2) is 4.57 Å². The summed E-state index contributed by atoms with van der Waals surface area (Å²) in [6, 6.07) is 1.39. The second-order valence-electron chi connectivity index (χ2n) is 3.46. The van der Waals surface area contributed by atoms with Gasteiger partial charge in [0.1, 0.15) is 5.69 Å². The lowest BCUT2D eigenvalue weighted by Gasteiger charge is -2.07. The van der Waals surface area contributed by atoms with Crippen LogP contribution < -0.4 is 0 Å². The molecule has 0 bridgehead atoms. The average molecular weight is 194 g/mol. The van der Waals surface area contributed by atoms with Crippen LogP contribution >= 0.6 is 0 Å². The maximum absolute atomic E-state index is 11.4. The van der Waals surface area contributed by atoms with Gasteiger partial charge in [-0.05, 0) is 11.3 Å². The standard InChI is InChI=1S/C9H10N2O3/c1-10-7-3-2-4-8(12)6(7)5-9(10)11(13)14/h5H,2-4H2,1H3. The van der Waals surface area contributed by atoms with E-state index in [0.717, 1.165) is 18.5 Å². The molecule has 0 saturated heterocycles. The molecule has 0 saturated carbocycles. The fraction of sp³-hybridized carbons (Fsp3) is 0.444. The van der Waals surface area contributed by atoms with Crippen LogP contribution in [0.25, 0.3) is 0 Å². The van der Waals surface area contributed by atoms with Gasteiger partial charge in [-0.2, -0.15) is 0 Å². The SMILES string of the molecule is Cn1c([N+](=O)[O-])cc2c1CCCC2=O. The largest absolute Gasteiger partial charge is 0.358 e. The fourth-order valence-electron chi connectivity index (χ4n) is 1.90. The first-order valence-corrected chi connectivity index (χ1v) is 4.47. The molecule has 0 radical (unpaired) electrons. The van der Waals surface area contributed by atoms with Gasteiger partial charge in [0.15, 0.2) is 5.78 Å². The Labute approximate surface area is 80.5 Å².